The number of rotatable bonds is 4. The largest absolute Gasteiger partial charge is 0.378 e. The van der Waals surface area contributed by atoms with E-state index in [9.17, 15) is 4.79 Å². The van der Waals surface area contributed by atoms with Gasteiger partial charge >= 0.3 is 5.97 Å². The Balaban J connectivity index is 0.000000597. The molecule has 0 aliphatic heterocycles. The van der Waals surface area contributed by atoms with Crippen molar-refractivity contribution in [3.05, 3.63) is 59.9 Å². The number of hydrogen-bond donors (Lipinski definition) is 0. The Bertz CT molecular complexity index is 736. The van der Waals surface area contributed by atoms with Crippen LogP contribution in [0.1, 0.15) is 18.2 Å². The highest BCUT2D eigenvalue weighted by Crippen LogP contribution is 2.13. The average molecular weight is 383 g/mol. The molecule has 0 amide bonds. The Labute approximate surface area is 153 Å². The highest BCUT2D eigenvalue weighted by molar-refractivity contribution is 5.68. The van der Waals surface area contributed by atoms with E-state index in [1.165, 1.54) is 11.7 Å². The van der Waals surface area contributed by atoms with Crippen molar-refractivity contribution in [1.82, 2.24) is 0 Å². The second-order valence-electron chi connectivity index (χ2n) is 5.23. The molecule has 0 atom stereocenters. The Kier molecular flexibility index (Phi) is 8.17. The molecule has 1 heterocycles. The molecular formula is C17H19ClN2O6. The number of halogens is 1. The second-order valence-corrected chi connectivity index (χ2v) is 5.99. The maximum atomic E-state index is 11.1. The molecule has 1 aromatic carbocycles. The van der Waals surface area contributed by atoms with Gasteiger partial charge in [0.15, 0.2) is 0 Å². The summed E-state index contributed by atoms with van der Waals surface area (Å²) in [5, 5.41) is 0. The Morgan fingerprint density at radius 2 is 1.62 bits per heavy atom. The molecule has 0 unspecified atom stereocenters. The lowest BCUT2D eigenvalue weighted by atomic mass is 10.1. The summed E-state index contributed by atoms with van der Waals surface area (Å²) < 4.78 is 35.4. The van der Waals surface area contributed by atoms with Gasteiger partial charge in [0.1, 0.15) is 0 Å². The van der Waals surface area contributed by atoms with Crippen LogP contribution >= 0.6 is 0 Å². The van der Waals surface area contributed by atoms with Crippen molar-refractivity contribution >= 4 is 23.8 Å². The predicted octanol–water partition coefficient (Wildman–Crippen LogP) is -2.57. The maximum Gasteiger partial charge on any atom is 0.377 e. The fourth-order valence-corrected chi connectivity index (χ4v) is 1.86. The van der Waals surface area contributed by atoms with Crippen molar-refractivity contribution in [2.45, 2.75) is 6.92 Å². The van der Waals surface area contributed by atoms with Crippen LogP contribution < -0.4 is 33.1 Å². The number of aromatic nitrogens is 1. The third-order valence-corrected chi connectivity index (χ3v) is 2.94. The molecule has 140 valence electrons. The lowest BCUT2D eigenvalue weighted by molar-refractivity contribution is -2.00. The molecule has 0 radical (unpaired) electrons. The molecule has 0 bridgehead atoms. The molecule has 0 saturated heterocycles. The van der Waals surface area contributed by atoms with Crippen LogP contribution in [0.3, 0.4) is 0 Å². The van der Waals surface area contributed by atoms with E-state index >= 15 is 0 Å². The lowest BCUT2D eigenvalue weighted by Crippen LogP contribution is -2.68. The first-order chi connectivity index (χ1) is 12.1. The van der Waals surface area contributed by atoms with Crippen molar-refractivity contribution in [3.8, 4) is 0 Å². The zero-order valence-corrected chi connectivity index (χ0v) is 15.3. The maximum absolute atomic E-state index is 11.1. The highest BCUT2D eigenvalue weighted by Gasteiger charge is 2.10. The Morgan fingerprint density at radius 3 is 2.12 bits per heavy atom. The van der Waals surface area contributed by atoms with Crippen LogP contribution in [-0.2, 0) is 4.79 Å². The summed E-state index contributed by atoms with van der Waals surface area (Å²) in [6.45, 7) is 1.38. The van der Waals surface area contributed by atoms with Gasteiger partial charge in [-0.05, 0) is 29.8 Å². The summed E-state index contributed by atoms with van der Waals surface area (Å²) >= 11 is 0. The molecule has 0 aliphatic carbocycles. The fraction of sp³-hybridized carbons (Fsp3) is 0.176. The lowest BCUT2D eigenvalue weighted by Gasteiger charge is -2.17. The highest BCUT2D eigenvalue weighted by atomic mass is 35.7. The molecule has 0 N–H and O–H groups in total. The van der Waals surface area contributed by atoms with Crippen molar-refractivity contribution in [2.75, 3.05) is 19.0 Å². The number of nitrogens with zero attached hydrogens (tertiary/aromatic N) is 2. The summed E-state index contributed by atoms with van der Waals surface area (Å²) in [5.41, 5.74) is 3.03. The van der Waals surface area contributed by atoms with E-state index < -0.39 is 10.2 Å². The Hall–Kier alpha value is -2.49. The van der Waals surface area contributed by atoms with Gasteiger partial charge in [0.25, 0.3) is 5.69 Å². The van der Waals surface area contributed by atoms with Gasteiger partial charge in [-0.1, -0.05) is 12.1 Å². The van der Waals surface area contributed by atoms with Crippen molar-refractivity contribution in [3.63, 3.8) is 0 Å². The van der Waals surface area contributed by atoms with Crippen LogP contribution in [0.25, 0.3) is 12.2 Å². The van der Waals surface area contributed by atoms with E-state index in [-0.39, 0.29) is 5.97 Å². The summed E-state index contributed by atoms with van der Waals surface area (Å²) in [7, 11) is -0.923. The van der Waals surface area contributed by atoms with E-state index in [1.807, 2.05) is 56.6 Å². The van der Waals surface area contributed by atoms with Gasteiger partial charge in [-0.2, -0.15) is 4.84 Å². The number of anilines is 1. The van der Waals surface area contributed by atoms with Crippen LogP contribution in [0.15, 0.2) is 48.7 Å². The SMILES string of the molecule is CC(=O)O[n+]1ccccc1/C=C/c1ccc(N(C)C)cc1.[O-][Cl+3]([O-])([O-])[O-]. The standard InChI is InChI=1S/C17H19N2O2.ClHO4/c1-14(20)21-19-13-5-4-6-17(19)12-9-15-7-10-16(11-8-15)18(2)3;2-1(3,4)5/h4-13H,1-3H3;(H,2,3,4,5)/q+1;/p-1. The van der Waals surface area contributed by atoms with Crippen molar-refractivity contribution in [1.29, 1.82) is 0 Å². The summed E-state index contributed by atoms with van der Waals surface area (Å²) in [4.78, 5) is 18.2. The molecule has 9 heteroatoms. The van der Waals surface area contributed by atoms with E-state index in [4.69, 9.17) is 23.5 Å². The van der Waals surface area contributed by atoms with Crippen LogP contribution in [0, 0.1) is 10.2 Å². The van der Waals surface area contributed by atoms with Gasteiger partial charge < -0.3 is 4.90 Å². The number of carbonyl (C=O) groups excluding carboxylic acids is 1. The van der Waals surface area contributed by atoms with Gasteiger partial charge in [-0.3, -0.25) is 0 Å². The van der Waals surface area contributed by atoms with Crippen LogP contribution in [-0.4, -0.2) is 20.1 Å². The molecule has 0 saturated carbocycles. The summed E-state index contributed by atoms with van der Waals surface area (Å²) in [6.07, 6.45) is 5.60. The van der Waals surface area contributed by atoms with Crippen LogP contribution in [0.2, 0.25) is 0 Å². The minimum atomic E-state index is -4.94. The van der Waals surface area contributed by atoms with Crippen molar-refractivity contribution < 1.29 is 43.2 Å². The number of benzene rings is 1. The number of hydrogen-bond acceptors (Lipinski definition) is 7. The van der Waals surface area contributed by atoms with Gasteiger partial charge in [0, 0.05) is 49.6 Å². The topological polar surface area (TPSA) is 126 Å². The zero-order chi connectivity index (χ0) is 19.7. The van der Waals surface area contributed by atoms with Crippen LogP contribution in [0.5, 0.6) is 0 Å². The normalized spacial score (nSPS) is 10.9. The van der Waals surface area contributed by atoms with E-state index in [0.717, 1.165) is 16.9 Å². The van der Waals surface area contributed by atoms with Crippen LogP contribution in [0.4, 0.5) is 5.69 Å². The fourth-order valence-electron chi connectivity index (χ4n) is 1.86. The van der Waals surface area contributed by atoms with Gasteiger partial charge in [0.05, 0.1) is 0 Å². The molecule has 26 heavy (non-hydrogen) atoms. The average Bonchev–Trinajstić information content (AvgIpc) is 2.52. The molecule has 8 nitrogen and oxygen atoms in total. The van der Waals surface area contributed by atoms with Crippen molar-refractivity contribution in [2.24, 2.45) is 0 Å². The zero-order valence-electron chi connectivity index (χ0n) is 14.5. The first-order valence-corrected chi connectivity index (χ1v) is 8.56. The first-order valence-electron chi connectivity index (χ1n) is 7.33. The number of carbonyl (C=O) groups is 1. The molecule has 2 aromatic rings. The third kappa shape index (κ3) is 9.11. The molecule has 1 aromatic heterocycles. The second kappa shape index (κ2) is 9.85. The summed E-state index contributed by atoms with van der Waals surface area (Å²) in [5.74, 6) is -0.351. The molecule has 0 fully saturated rings. The van der Waals surface area contributed by atoms with E-state index in [1.54, 1.807) is 6.20 Å². The van der Waals surface area contributed by atoms with Gasteiger partial charge in [0.2, 0.25) is 6.20 Å². The minimum Gasteiger partial charge on any atom is -0.378 e. The van der Waals surface area contributed by atoms with Gasteiger partial charge in [-0.15, -0.1) is 10.2 Å². The molecule has 2 rings (SSSR count). The molecule has 0 spiro atoms. The quantitative estimate of drug-likeness (QED) is 0.532. The summed E-state index contributed by atoms with van der Waals surface area (Å²) in [6, 6.07) is 13.8. The van der Waals surface area contributed by atoms with E-state index in [2.05, 4.69) is 17.0 Å². The monoisotopic (exact) mass is 382 g/mol. The Morgan fingerprint density at radius 1 is 1.04 bits per heavy atom. The van der Waals surface area contributed by atoms with E-state index in [0.29, 0.717) is 0 Å². The molecular weight excluding hydrogens is 364 g/mol. The number of pyridine rings is 1. The molecule has 0 aliphatic rings. The third-order valence-electron chi connectivity index (χ3n) is 2.94. The minimum absolute atomic E-state index is 0.351. The smallest absolute Gasteiger partial charge is 0.377 e. The first kappa shape index (κ1) is 21.6. The van der Waals surface area contributed by atoms with Gasteiger partial charge in [-0.25, -0.2) is 23.4 Å². The predicted molar refractivity (Wildman–Crippen MR) is 83.6 cm³/mol.